The van der Waals surface area contributed by atoms with E-state index in [1.54, 1.807) is 18.2 Å². The molecule has 0 unspecified atom stereocenters. The van der Waals surface area contributed by atoms with Crippen molar-refractivity contribution in [3.63, 3.8) is 0 Å². The van der Waals surface area contributed by atoms with Crippen molar-refractivity contribution < 1.29 is 9.90 Å². The number of carboxylic acid groups (broad SMARTS) is 1. The quantitative estimate of drug-likeness (QED) is 0.694. The summed E-state index contributed by atoms with van der Waals surface area (Å²) in [6.45, 7) is 0. The van der Waals surface area contributed by atoms with E-state index in [1.165, 1.54) is 0 Å². The van der Waals surface area contributed by atoms with Crippen LogP contribution in [0.15, 0.2) is 48.6 Å². The molecule has 3 nitrogen and oxygen atoms in total. The average Bonchev–Trinajstić information content (AvgIpc) is 3.06. The Kier molecular flexibility index (Phi) is 3.78. The molecule has 0 aromatic heterocycles. The summed E-state index contributed by atoms with van der Waals surface area (Å²) in [5, 5.41) is 14.3. The Labute approximate surface area is 149 Å². The number of nitrogens with one attached hydrogen (secondary N) is 1. The number of benzene rings is 2. The van der Waals surface area contributed by atoms with E-state index in [0.717, 1.165) is 23.2 Å². The number of fused-ring (bicyclic) bond motifs is 3. The van der Waals surface area contributed by atoms with Gasteiger partial charge in [-0.05, 0) is 36.1 Å². The van der Waals surface area contributed by atoms with Crippen molar-refractivity contribution in [1.29, 1.82) is 0 Å². The fraction of sp³-hybridized carbons (Fsp3) is 0.211. The standard InChI is InChI=1S/C19H15Cl2NO2/c20-14-8-9-15(21)18-16(14)10-6-3-7-11(10)17(22-18)12-4-1-2-5-13(12)19(23)24/h1-6,8-11,17,22H,7H2,(H,23,24)/t10-,11-,17-/m1/s1. The molecule has 0 saturated carbocycles. The van der Waals surface area contributed by atoms with Gasteiger partial charge >= 0.3 is 5.97 Å². The van der Waals surface area contributed by atoms with Crippen molar-refractivity contribution in [3.05, 3.63) is 75.3 Å². The van der Waals surface area contributed by atoms with Crippen LogP contribution in [0.5, 0.6) is 0 Å². The molecule has 1 aliphatic carbocycles. The minimum Gasteiger partial charge on any atom is -0.478 e. The topological polar surface area (TPSA) is 49.3 Å². The van der Waals surface area contributed by atoms with Crippen LogP contribution in [0, 0.1) is 5.92 Å². The molecule has 3 atom stereocenters. The highest BCUT2D eigenvalue weighted by Gasteiger charge is 2.40. The van der Waals surface area contributed by atoms with Crippen LogP contribution in [0.1, 0.15) is 39.9 Å². The van der Waals surface area contributed by atoms with E-state index < -0.39 is 5.97 Å². The lowest BCUT2D eigenvalue weighted by Crippen LogP contribution is -2.30. The number of halogens is 2. The van der Waals surface area contributed by atoms with Crippen LogP contribution in [0.4, 0.5) is 5.69 Å². The molecule has 2 aromatic carbocycles. The first kappa shape index (κ1) is 15.6. The first-order chi connectivity index (χ1) is 11.6. The molecule has 5 heteroatoms. The van der Waals surface area contributed by atoms with Crippen LogP contribution in [-0.4, -0.2) is 11.1 Å². The second kappa shape index (κ2) is 5.83. The van der Waals surface area contributed by atoms with Crippen LogP contribution in [0.25, 0.3) is 0 Å². The molecule has 1 heterocycles. The van der Waals surface area contributed by atoms with Gasteiger partial charge < -0.3 is 10.4 Å². The third-order valence-electron chi connectivity index (χ3n) is 4.94. The van der Waals surface area contributed by atoms with E-state index in [0.29, 0.717) is 15.6 Å². The summed E-state index contributed by atoms with van der Waals surface area (Å²) in [7, 11) is 0. The molecule has 122 valence electrons. The van der Waals surface area contributed by atoms with Gasteiger partial charge in [0.05, 0.1) is 22.3 Å². The Morgan fingerprint density at radius 1 is 1.12 bits per heavy atom. The van der Waals surface area contributed by atoms with Crippen molar-refractivity contribution in [1.82, 2.24) is 0 Å². The molecule has 2 aliphatic rings. The predicted molar refractivity (Wildman–Crippen MR) is 96.2 cm³/mol. The van der Waals surface area contributed by atoms with Gasteiger partial charge in [0.1, 0.15) is 0 Å². The lowest BCUT2D eigenvalue weighted by atomic mass is 9.76. The van der Waals surface area contributed by atoms with Gasteiger partial charge in [-0.1, -0.05) is 53.6 Å². The van der Waals surface area contributed by atoms with E-state index in [9.17, 15) is 9.90 Å². The van der Waals surface area contributed by atoms with Gasteiger partial charge in [0, 0.05) is 16.5 Å². The largest absolute Gasteiger partial charge is 0.478 e. The van der Waals surface area contributed by atoms with Gasteiger partial charge in [-0.2, -0.15) is 0 Å². The minimum absolute atomic E-state index is 0.124. The molecule has 0 spiro atoms. The molecule has 24 heavy (non-hydrogen) atoms. The average molecular weight is 360 g/mol. The summed E-state index contributed by atoms with van der Waals surface area (Å²) in [5.41, 5.74) is 2.92. The Balaban J connectivity index is 1.88. The van der Waals surface area contributed by atoms with Gasteiger partial charge in [0.15, 0.2) is 0 Å². The summed E-state index contributed by atoms with van der Waals surface area (Å²) < 4.78 is 0. The fourth-order valence-electron chi connectivity index (χ4n) is 3.90. The molecule has 0 amide bonds. The number of carboxylic acids is 1. The lowest BCUT2D eigenvalue weighted by molar-refractivity contribution is 0.0694. The number of hydrogen-bond donors (Lipinski definition) is 2. The van der Waals surface area contributed by atoms with Crippen molar-refractivity contribution in [3.8, 4) is 0 Å². The van der Waals surface area contributed by atoms with Crippen LogP contribution in [-0.2, 0) is 0 Å². The highest BCUT2D eigenvalue weighted by atomic mass is 35.5. The smallest absolute Gasteiger partial charge is 0.336 e. The maximum absolute atomic E-state index is 11.6. The van der Waals surface area contributed by atoms with Crippen molar-refractivity contribution in [2.75, 3.05) is 5.32 Å². The van der Waals surface area contributed by atoms with Crippen molar-refractivity contribution in [2.24, 2.45) is 5.92 Å². The zero-order valence-corrected chi connectivity index (χ0v) is 14.2. The Bertz CT molecular complexity index is 862. The number of allylic oxidation sites excluding steroid dienone is 2. The van der Waals surface area contributed by atoms with Gasteiger partial charge in [0.25, 0.3) is 0 Å². The number of carbonyl (C=O) groups is 1. The molecule has 4 rings (SSSR count). The van der Waals surface area contributed by atoms with E-state index in [-0.39, 0.29) is 17.9 Å². The molecule has 0 saturated heterocycles. The first-order valence-corrected chi connectivity index (χ1v) is 8.57. The van der Waals surface area contributed by atoms with Crippen LogP contribution in [0.3, 0.4) is 0 Å². The number of anilines is 1. The highest BCUT2D eigenvalue weighted by Crippen LogP contribution is 2.53. The third-order valence-corrected chi connectivity index (χ3v) is 5.59. The van der Waals surface area contributed by atoms with Crippen molar-refractivity contribution >= 4 is 34.9 Å². The Morgan fingerprint density at radius 3 is 2.67 bits per heavy atom. The van der Waals surface area contributed by atoms with Crippen LogP contribution >= 0.6 is 23.2 Å². The lowest BCUT2D eigenvalue weighted by Gasteiger charge is -2.38. The number of aromatic carboxylic acids is 1. The van der Waals surface area contributed by atoms with E-state index in [4.69, 9.17) is 23.2 Å². The van der Waals surface area contributed by atoms with Gasteiger partial charge in [0.2, 0.25) is 0 Å². The Hall–Kier alpha value is -1.97. The van der Waals surface area contributed by atoms with E-state index >= 15 is 0 Å². The second-order valence-corrected chi connectivity index (χ2v) is 7.00. The molecule has 0 radical (unpaired) electrons. The van der Waals surface area contributed by atoms with Gasteiger partial charge in [-0.15, -0.1) is 0 Å². The summed E-state index contributed by atoms with van der Waals surface area (Å²) in [4.78, 5) is 11.6. The molecule has 2 N–H and O–H groups in total. The molecule has 0 bridgehead atoms. The summed E-state index contributed by atoms with van der Waals surface area (Å²) in [6, 6.07) is 10.6. The third kappa shape index (κ3) is 2.31. The van der Waals surface area contributed by atoms with Crippen LogP contribution in [0.2, 0.25) is 10.0 Å². The zero-order valence-electron chi connectivity index (χ0n) is 12.7. The molecular formula is C19H15Cl2NO2. The van der Waals surface area contributed by atoms with Gasteiger partial charge in [-0.25, -0.2) is 4.79 Å². The van der Waals surface area contributed by atoms with Crippen LogP contribution < -0.4 is 5.32 Å². The van der Waals surface area contributed by atoms with E-state index in [2.05, 4.69) is 17.5 Å². The monoisotopic (exact) mass is 359 g/mol. The summed E-state index contributed by atoms with van der Waals surface area (Å²) in [6.07, 6.45) is 5.17. The zero-order chi connectivity index (χ0) is 16.8. The summed E-state index contributed by atoms with van der Waals surface area (Å²) in [5.74, 6) is -0.564. The molecule has 1 aliphatic heterocycles. The number of hydrogen-bond acceptors (Lipinski definition) is 2. The number of rotatable bonds is 2. The predicted octanol–water partition coefficient (Wildman–Crippen LogP) is 5.52. The fourth-order valence-corrected chi connectivity index (χ4v) is 4.40. The second-order valence-electron chi connectivity index (χ2n) is 6.19. The minimum atomic E-state index is -0.919. The summed E-state index contributed by atoms with van der Waals surface area (Å²) >= 11 is 12.8. The highest BCUT2D eigenvalue weighted by molar-refractivity contribution is 6.36. The Morgan fingerprint density at radius 2 is 1.88 bits per heavy atom. The molecule has 2 aromatic rings. The van der Waals surface area contributed by atoms with Crippen molar-refractivity contribution in [2.45, 2.75) is 18.4 Å². The molecular weight excluding hydrogens is 345 g/mol. The SMILES string of the molecule is O=C(O)c1ccccc1[C@@H]1Nc2c(Cl)ccc(Cl)c2[C@@H]2C=CC[C@H]21. The van der Waals surface area contributed by atoms with E-state index in [1.807, 2.05) is 18.2 Å². The molecule has 0 fully saturated rings. The maximum atomic E-state index is 11.6. The first-order valence-electron chi connectivity index (χ1n) is 7.81. The maximum Gasteiger partial charge on any atom is 0.336 e. The normalized spacial score (nSPS) is 24.2. The van der Waals surface area contributed by atoms with Gasteiger partial charge in [-0.3, -0.25) is 0 Å².